The molecule has 0 bridgehead atoms. The molecule has 1 aromatic heterocycles. The predicted octanol–water partition coefficient (Wildman–Crippen LogP) is 4.24. The Morgan fingerprint density at radius 1 is 1.15 bits per heavy atom. The zero-order valence-corrected chi connectivity index (χ0v) is 19.0. The molecule has 0 aliphatic carbocycles. The summed E-state index contributed by atoms with van der Waals surface area (Å²) in [6, 6.07) is 16.3. The molecular formula is C24H21N3O6S. The highest BCUT2D eigenvalue weighted by molar-refractivity contribution is 7.10. The molecule has 0 spiro atoms. The van der Waals surface area contributed by atoms with Crippen molar-refractivity contribution in [3.63, 3.8) is 0 Å². The lowest BCUT2D eigenvalue weighted by molar-refractivity contribution is -0.383. The number of rotatable bonds is 7. The topological polar surface area (TPSA) is 119 Å². The van der Waals surface area contributed by atoms with Gasteiger partial charge in [-0.25, -0.2) is 0 Å². The molecule has 3 aromatic rings. The number of thiophene rings is 1. The summed E-state index contributed by atoms with van der Waals surface area (Å²) in [5.74, 6) is -2.41. The Bertz CT molecular complexity index is 1230. The second kappa shape index (κ2) is 9.84. The maximum absolute atomic E-state index is 13.0. The van der Waals surface area contributed by atoms with E-state index in [-0.39, 0.29) is 23.7 Å². The number of hydrogen-bond acceptors (Lipinski definition) is 7. The van der Waals surface area contributed by atoms with Crippen LogP contribution in [0.1, 0.15) is 22.9 Å². The van der Waals surface area contributed by atoms with E-state index in [0.29, 0.717) is 5.69 Å². The van der Waals surface area contributed by atoms with Crippen molar-refractivity contribution in [3.8, 4) is 0 Å². The van der Waals surface area contributed by atoms with Crippen LogP contribution >= 0.6 is 11.3 Å². The van der Waals surface area contributed by atoms with Crippen LogP contribution in [0.4, 0.5) is 17.1 Å². The van der Waals surface area contributed by atoms with E-state index >= 15 is 0 Å². The van der Waals surface area contributed by atoms with Crippen molar-refractivity contribution >= 4 is 46.2 Å². The Hall–Kier alpha value is -4.05. The molecule has 34 heavy (non-hydrogen) atoms. The lowest BCUT2D eigenvalue weighted by atomic mass is 9.99. The molecule has 2 heterocycles. The summed E-state index contributed by atoms with van der Waals surface area (Å²) in [5, 5.41) is 15.4. The first-order valence-electron chi connectivity index (χ1n) is 10.5. The van der Waals surface area contributed by atoms with E-state index in [9.17, 15) is 24.5 Å². The molecular weight excluding hydrogens is 458 g/mol. The maximum atomic E-state index is 13.0. The fourth-order valence-electron chi connectivity index (χ4n) is 3.91. The van der Waals surface area contributed by atoms with Gasteiger partial charge in [-0.2, -0.15) is 0 Å². The van der Waals surface area contributed by atoms with Crippen LogP contribution in [0.3, 0.4) is 0 Å². The summed E-state index contributed by atoms with van der Waals surface area (Å²) in [4.78, 5) is 51.2. The van der Waals surface area contributed by atoms with Crippen LogP contribution in [0.15, 0.2) is 66.0 Å². The second-order valence-electron chi connectivity index (χ2n) is 7.80. The van der Waals surface area contributed by atoms with Gasteiger partial charge in [-0.05, 0) is 36.6 Å². The van der Waals surface area contributed by atoms with E-state index in [0.717, 1.165) is 10.4 Å². The van der Waals surface area contributed by atoms with E-state index < -0.39 is 35.4 Å². The second-order valence-corrected chi connectivity index (χ2v) is 8.78. The van der Waals surface area contributed by atoms with E-state index in [1.165, 1.54) is 29.5 Å². The normalized spacial score (nSPS) is 17.4. The Morgan fingerprint density at radius 2 is 1.88 bits per heavy atom. The van der Waals surface area contributed by atoms with Gasteiger partial charge in [-0.3, -0.25) is 24.5 Å². The zero-order chi connectivity index (χ0) is 24.2. The largest absolute Gasteiger partial charge is 0.455 e. The quantitative estimate of drug-likeness (QED) is 0.308. The number of aryl methyl sites for hydroxylation is 1. The molecule has 2 atom stereocenters. The molecule has 4 rings (SSSR count). The van der Waals surface area contributed by atoms with Crippen molar-refractivity contribution in [2.45, 2.75) is 19.4 Å². The van der Waals surface area contributed by atoms with E-state index in [4.69, 9.17) is 4.74 Å². The van der Waals surface area contributed by atoms with Gasteiger partial charge in [0.15, 0.2) is 6.61 Å². The third-order valence-electron chi connectivity index (χ3n) is 5.49. The molecule has 1 N–H and O–H groups in total. The molecule has 174 valence electrons. The number of carbonyl (C=O) groups excluding carboxylic acids is 3. The van der Waals surface area contributed by atoms with Crippen molar-refractivity contribution in [1.82, 2.24) is 0 Å². The maximum Gasteiger partial charge on any atom is 0.312 e. The number of hydrogen-bond donors (Lipinski definition) is 1. The molecule has 2 amide bonds. The lowest BCUT2D eigenvalue weighted by Crippen LogP contribution is -2.31. The average molecular weight is 480 g/mol. The van der Waals surface area contributed by atoms with Crippen LogP contribution in [0.2, 0.25) is 0 Å². The minimum absolute atomic E-state index is 0.00611. The van der Waals surface area contributed by atoms with Gasteiger partial charge in [0.25, 0.3) is 11.6 Å². The molecule has 2 unspecified atom stereocenters. The molecule has 0 radical (unpaired) electrons. The van der Waals surface area contributed by atoms with Crippen LogP contribution in [0, 0.1) is 23.0 Å². The van der Waals surface area contributed by atoms with Crippen LogP contribution in [-0.4, -0.2) is 29.3 Å². The number of nitrogens with zero attached hydrogens (tertiary/aromatic N) is 2. The number of benzene rings is 2. The Balaban J connectivity index is 1.49. The first-order valence-corrected chi connectivity index (χ1v) is 11.3. The number of para-hydroxylation sites is 2. The number of carbonyl (C=O) groups is 3. The molecule has 1 fully saturated rings. The Morgan fingerprint density at radius 3 is 2.56 bits per heavy atom. The van der Waals surface area contributed by atoms with Gasteiger partial charge in [-0.15, -0.1) is 11.3 Å². The molecule has 1 aliphatic heterocycles. The molecule has 2 aromatic carbocycles. The number of nitro groups is 1. The van der Waals surface area contributed by atoms with E-state index in [1.54, 1.807) is 11.0 Å². The van der Waals surface area contributed by atoms with Crippen LogP contribution in [-0.2, 0) is 19.1 Å². The molecule has 0 saturated carbocycles. The number of esters is 1. The fraction of sp³-hybridized carbons (Fsp3) is 0.208. The number of amides is 2. The van der Waals surface area contributed by atoms with Crippen LogP contribution in [0.5, 0.6) is 0 Å². The van der Waals surface area contributed by atoms with Gasteiger partial charge in [0.1, 0.15) is 5.69 Å². The highest BCUT2D eigenvalue weighted by atomic mass is 32.1. The minimum Gasteiger partial charge on any atom is -0.455 e. The summed E-state index contributed by atoms with van der Waals surface area (Å²) in [7, 11) is 0. The van der Waals surface area contributed by atoms with Crippen molar-refractivity contribution in [1.29, 1.82) is 0 Å². The number of ether oxygens (including phenoxy) is 1. The van der Waals surface area contributed by atoms with Crippen molar-refractivity contribution in [3.05, 3.63) is 86.6 Å². The molecule has 1 saturated heterocycles. The van der Waals surface area contributed by atoms with Crippen molar-refractivity contribution in [2.24, 2.45) is 5.92 Å². The van der Waals surface area contributed by atoms with E-state index in [1.807, 2.05) is 48.7 Å². The van der Waals surface area contributed by atoms with E-state index in [2.05, 4.69) is 5.32 Å². The van der Waals surface area contributed by atoms with Gasteiger partial charge < -0.3 is 15.0 Å². The first kappa shape index (κ1) is 23.1. The van der Waals surface area contributed by atoms with Gasteiger partial charge in [0.05, 0.1) is 16.9 Å². The van der Waals surface area contributed by atoms with Gasteiger partial charge in [0, 0.05) is 23.1 Å². The number of nitrogens with one attached hydrogen (secondary N) is 1. The smallest absolute Gasteiger partial charge is 0.312 e. The zero-order valence-electron chi connectivity index (χ0n) is 18.2. The Kier molecular flexibility index (Phi) is 6.69. The molecule has 10 heteroatoms. The Labute approximate surface area is 199 Å². The van der Waals surface area contributed by atoms with Gasteiger partial charge in [0.2, 0.25) is 5.91 Å². The fourth-order valence-corrected chi connectivity index (χ4v) is 4.79. The minimum atomic E-state index is -0.800. The summed E-state index contributed by atoms with van der Waals surface area (Å²) < 4.78 is 5.25. The monoisotopic (exact) mass is 479 g/mol. The summed E-state index contributed by atoms with van der Waals surface area (Å²) in [6.45, 7) is 1.32. The summed E-state index contributed by atoms with van der Waals surface area (Å²) >= 11 is 1.43. The number of anilines is 2. The van der Waals surface area contributed by atoms with Crippen LogP contribution < -0.4 is 10.2 Å². The van der Waals surface area contributed by atoms with Crippen molar-refractivity contribution in [2.75, 3.05) is 16.8 Å². The summed E-state index contributed by atoms with van der Waals surface area (Å²) in [5.41, 5.74) is 1.46. The average Bonchev–Trinajstić information content (AvgIpc) is 3.46. The lowest BCUT2D eigenvalue weighted by Gasteiger charge is -2.27. The third-order valence-corrected chi connectivity index (χ3v) is 6.44. The van der Waals surface area contributed by atoms with Gasteiger partial charge in [-0.1, -0.05) is 35.9 Å². The molecule has 9 nitrogen and oxygen atoms in total. The first-order chi connectivity index (χ1) is 16.3. The van der Waals surface area contributed by atoms with Crippen LogP contribution in [0.25, 0.3) is 0 Å². The SMILES string of the molecule is Cc1ccc(N2C(=O)CC(C(=O)OCC(=O)Nc3ccccc3[N+](=O)[O-])C2c2cccs2)cc1. The predicted molar refractivity (Wildman–Crippen MR) is 127 cm³/mol. The van der Waals surface area contributed by atoms with Crippen molar-refractivity contribution < 1.29 is 24.0 Å². The summed E-state index contributed by atoms with van der Waals surface area (Å²) in [6.07, 6.45) is -0.0545. The molecule has 1 aliphatic rings. The standard InChI is InChI=1S/C24H21N3O6S/c1-15-8-10-16(11-9-15)26-22(29)13-17(23(26)20-7-4-12-34-20)24(30)33-14-21(28)25-18-5-2-3-6-19(18)27(31)32/h2-12,17,23H,13-14H2,1H3,(H,25,28). The highest BCUT2D eigenvalue weighted by Crippen LogP contribution is 2.43. The van der Waals surface area contributed by atoms with Gasteiger partial charge >= 0.3 is 5.97 Å². The third kappa shape index (κ3) is 4.81. The highest BCUT2D eigenvalue weighted by Gasteiger charge is 2.46. The number of nitro benzene ring substituents is 1.